The van der Waals surface area contributed by atoms with Crippen LogP contribution in [-0.2, 0) is 4.79 Å². The van der Waals surface area contributed by atoms with Gasteiger partial charge < -0.3 is 9.90 Å². The molecule has 2 aromatic carbocycles. The first-order valence-corrected chi connectivity index (χ1v) is 6.91. The topological polar surface area (TPSA) is 77.5 Å². The zero-order chi connectivity index (χ0) is 16.6. The number of fused-ring (bicyclic) bond motifs is 1. The summed E-state index contributed by atoms with van der Waals surface area (Å²) < 4.78 is 13.1. The molecule has 3 rings (SSSR count). The summed E-state index contributed by atoms with van der Waals surface area (Å²) in [6, 6.07) is 10.2. The first-order chi connectivity index (χ1) is 11.0. The van der Waals surface area contributed by atoms with E-state index in [1.165, 1.54) is 24.3 Å². The van der Waals surface area contributed by atoms with Gasteiger partial charge in [-0.15, -0.1) is 0 Å². The zero-order valence-electron chi connectivity index (χ0n) is 11.9. The van der Waals surface area contributed by atoms with Gasteiger partial charge in [0.15, 0.2) is 0 Å². The summed E-state index contributed by atoms with van der Waals surface area (Å²) in [5.41, 5.74) is 0.802. The maximum Gasteiger partial charge on any atom is 0.262 e. The highest BCUT2D eigenvalue weighted by Crippen LogP contribution is 2.33. The summed E-state index contributed by atoms with van der Waals surface area (Å²) in [5.74, 6) is -3.04. The van der Waals surface area contributed by atoms with Gasteiger partial charge in [-0.2, -0.15) is 0 Å². The molecule has 0 aromatic heterocycles. The molecule has 5 nitrogen and oxygen atoms in total. The Bertz CT molecular complexity index is 765. The van der Waals surface area contributed by atoms with E-state index in [9.17, 15) is 23.9 Å². The Morgan fingerprint density at radius 3 is 2.00 bits per heavy atom. The van der Waals surface area contributed by atoms with Gasteiger partial charge >= 0.3 is 0 Å². The van der Waals surface area contributed by atoms with E-state index in [0.717, 1.165) is 17.0 Å². The molecule has 0 saturated carbocycles. The standard InChI is InChI=1S/C17H12FNO4/c18-11-7-5-10(6-8-11)14(9-15(20)21)19-16(22)12-3-1-2-4-13(12)17(19)23/h1-8,14H,9H2,(H,20,21)/p-1/t14-/m0/s1. The fourth-order valence-electron chi connectivity index (χ4n) is 2.69. The van der Waals surface area contributed by atoms with Gasteiger partial charge in [-0.1, -0.05) is 24.3 Å². The molecule has 6 heteroatoms. The second-order valence-electron chi connectivity index (χ2n) is 5.17. The van der Waals surface area contributed by atoms with Crippen molar-refractivity contribution in [2.75, 3.05) is 0 Å². The van der Waals surface area contributed by atoms with Crippen molar-refractivity contribution in [3.63, 3.8) is 0 Å². The number of carbonyl (C=O) groups is 3. The first kappa shape index (κ1) is 14.9. The van der Waals surface area contributed by atoms with Crippen molar-refractivity contribution in [1.29, 1.82) is 0 Å². The number of imide groups is 1. The molecule has 2 amide bonds. The highest BCUT2D eigenvalue weighted by molar-refractivity contribution is 6.21. The molecule has 0 bridgehead atoms. The van der Waals surface area contributed by atoms with E-state index in [1.807, 2.05) is 0 Å². The van der Waals surface area contributed by atoms with Crippen molar-refractivity contribution in [3.05, 3.63) is 71.0 Å². The second-order valence-corrected chi connectivity index (χ2v) is 5.17. The van der Waals surface area contributed by atoms with Crippen molar-refractivity contribution in [2.45, 2.75) is 12.5 Å². The minimum atomic E-state index is -1.41. The van der Waals surface area contributed by atoms with Crippen LogP contribution in [0.4, 0.5) is 4.39 Å². The third-order valence-corrected chi connectivity index (χ3v) is 3.75. The molecule has 1 aliphatic heterocycles. The minimum absolute atomic E-state index is 0.225. The summed E-state index contributed by atoms with van der Waals surface area (Å²) in [6.45, 7) is 0. The molecule has 23 heavy (non-hydrogen) atoms. The Morgan fingerprint density at radius 1 is 1.00 bits per heavy atom. The zero-order valence-corrected chi connectivity index (χ0v) is 11.9. The molecule has 0 N–H and O–H groups in total. The molecular formula is C17H11FNO4-. The summed E-state index contributed by atoms with van der Waals surface area (Å²) >= 11 is 0. The van der Waals surface area contributed by atoms with Gasteiger partial charge in [0.25, 0.3) is 11.8 Å². The molecular weight excluding hydrogens is 301 g/mol. The molecule has 1 heterocycles. The predicted octanol–water partition coefficient (Wildman–Crippen LogP) is 1.30. The van der Waals surface area contributed by atoms with Crippen LogP contribution in [0.1, 0.15) is 38.7 Å². The summed E-state index contributed by atoms with van der Waals surface area (Å²) in [5, 5.41) is 11.1. The number of carbonyl (C=O) groups excluding carboxylic acids is 3. The highest BCUT2D eigenvalue weighted by Gasteiger charge is 2.40. The number of nitrogens with zero attached hydrogens (tertiary/aromatic N) is 1. The third-order valence-electron chi connectivity index (χ3n) is 3.75. The molecule has 0 radical (unpaired) electrons. The molecule has 0 saturated heterocycles. The number of aliphatic carboxylic acids is 1. The molecule has 0 aliphatic carbocycles. The average Bonchev–Trinajstić information content (AvgIpc) is 2.78. The van der Waals surface area contributed by atoms with Crippen LogP contribution in [0.2, 0.25) is 0 Å². The predicted molar refractivity (Wildman–Crippen MR) is 75.7 cm³/mol. The van der Waals surface area contributed by atoms with E-state index in [0.29, 0.717) is 5.56 Å². The maximum absolute atomic E-state index is 13.1. The highest BCUT2D eigenvalue weighted by atomic mass is 19.1. The van der Waals surface area contributed by atoms with Crippen LogP contribution in [-0.4, -0.2) is 22.7 Å². The number of hydrogen-bond acceptors (Lipinski definition) is 4. The fourth-order valence-corrected chi connectivity index (χ4v) is 2.69. The monoisotopic (exact) mass is 312 g/mol. The molecule has 0 unspecified atom stereocenters. The Hall–Kier alpha value is -3.02. The van der Waals surface area contributed by atoms with Crippen molar-refractivity contribution in [2.24, 2.45) is 0 Å². The van der Waals surface area contributed by atoms with E-state index in [2.05, 4.69) is 0 Å². The Morgan fingerprint density at radius 2 is 1.52 bits per heavy atom. The summed E-state index contributed by atoms with van der Waals surface area (Å²) in [6.07, 6.45) is -0.558. The van der Waals surface area contributed by atoms with Gasteiger partial charge in [0.2, 0.25) is 0 Å². The molecule has 1 aliphatic rings. The van der Waals surface area contributed by atoms with Crippen molar-refractivity contribution in [3.8, 4) is 0 Å². The molecule has 2 aromatic rings. The molecule has 0 fully saturated rings. The van der Waals surface area contributed by atoms with Gasteiger partial charge in [0, 0.05) is 12.4 Å². The van der Waals surface area contributed by atoms with Gasteiger partial charge in [0.1, 0.15) is 5.82 Å². The van der Waals surface area contributed by atoms with E-state index in [-0.39, 0.29) is 11.1 Å². The van der Waals surface area contributed by atoms with Crippen LogP contribution < -0.4 is 5.11 Å². The summed E-state index contributed by atoms with van der Waals surface area (Å²) in [7, 11) is 0. The SMILES string of the molecule is O=C([O-])C[C@@H](c1ccc(F)cc1)N1C(=O)c2ccccc2C1=O. The Balaban J connectivity index is 2.04. The van der Waals surface area contributed by atoms with E-state index in [1.54, 1.807) is 12.1 Å². The Kier molecular flexibility index (Phi) is 3.65. The number of rotatable bonds is 4. The van der Waals surface area contributed by atoms with Crippen molar-refractivity contribution < 1.29 is 23.9 Å². The van der Waals surface area contributed by atoms with Gasteiger partial charge in [-0.25, -0.2) is 4.39 Å². The van der Waals surface area contributed by atoms with Crippen LogP contribution in [0.25, 0.3) is 0 Å². The third kappa shape index (κ3) is 2.59. The van der Waals surface area contributed by atoms with Crippen LogP contribution in [0.3, 0.4) is 0 Å². The van der Waals surface area contributed by atoms with E-state index in [4.69, 9.17) is 0 Å². The lowest BCUT2D eigenvalue weighted by Crippen LogP contribution is -2.38. The fraction of sp³-hybridized carbons (Fsp3) is 0.118. The first-order valence-electron chi connectivity index (χ1n) is 6.91. The summed E-state index contributed by atoms with van der Waals surface area (Å²) in [4.78, 5) is 36.9. The molecule has 0 spiro atoms. The average molecular weight is 312 g/mol. The Labute approximate surface area is 131 Å². The van der Waals surface area contributed by atoms with Crippen LogP contribution in [0, 0.1) is 5.82 Å². The van der Waals surface area contributed by atoms with Crippen LogP contribution >= 0.6 is 0 Å². The number of hydrogen-bond donors (Lipinski definition) is 0. The number of halogens is 1. The largest absolute Gasteiger partial charge is 0.550 e. The number of carboxylic acid groups (broad SMARTS) is 1. The van der Waals surface area contributed by atoms with Crippen molar-refractivity contribution >= 4 is 17.8 Å². The van der Waals surface area contributed by atoms with Gasteiger partial charge in [-0.3, -0.25) is 14.5 Å². The maximum atomic E-state index is 13.1. The molecule has 116 valence electrons. The van der Waals surface area contributed by atoms with Gasteiger partial charge in [-0.05, 0) is 29.8 Å². The lowest BCUT2D eigenvalue weighted by Gasteiger charge is -2.27. The van der Waals surface area contributed by atoms with Crippen LogP contribution in [0.5, 0.6) is 0 Å². The quantitative estimate of drug-likeness (QED) is 0.797. The van der Waals surface area contributed by atoms with E-state index >= 15 is 0 Å². The lowest BCUT2D eigenvalue weighted by atomic mass is 10.0. The minimum Gasteiger partial charge on any atom is -0.550 e. The lowest BCUT2D eigenvalue weighted by molar-refractivity contribution is -0.306. The van der Waals surface area contributed by atoms with E-state index < -0.39 is 36.1 Å². The molecule has 1 atom stereocenters. The normalized spacial score (nSPS) is 14.7. The number of amides is 2. The number of carboxylic acids is 1. The number of benzene rings is 2. The van der Waals surface area contributed by atoms with Crippen LogP contribution in [0.15, 0.2) is 48.5 Å². The smallest absolute Gasteiger partial charge is 0.262 e. The van der Waals surface area contributed by atoms with Gasteiger partial charge in [0.05, 0.1) is 17.2 Å². The van der Waals surface area contributed by atoms with Crippen molar-refractivity contribution in [1.82, 2.24) is 4.90 Å². The second kappa shape index (κ2) is 5.64.